The zero-order valence-corrected chi connectivity index (χ0v) is 11.8. The highest BCUT2D eigenvalue weighted by atomic mass is 16.3. The van der Waals surface area contributed by atoms with Crippen molar-refractivity contribution >= 4 is 11.6 Å². The molecule has 4 atom stereocenters. The number of Topliss-reactive ketones (excluding diaryl/α,β-unsaturated/α-hetero) is 2. The van der Waals surface area contributed by atoms with Crippen LogP contribution in [0.15, 0.2) is 0 Å². The summed E-state index contributed by atoms with van der Waals surface area (Å²) >= 11 is 0. The van der Waals surface area contributed by atoms with E-state index in [1.165, 1.54) is 0 Å². The highest BCUT2D eigenvalue weighted by Gasteiger charge is 2.54. The Kier molecular flexibility index (Phi) is 3.17. The maximum Gasteiger partial charge on any atom is 0.139 e. The van der Waals surface area contributed by atoms with E-state index in [9.17, 15) is 14.7 Å². The summed E-state index contributed by atoms with van der Waals surface area (Å²) in [7, 11) is 0. The summed E-state index contributed by atoms with van der Waals surface area (Å²) in [5.74, 6) is 0.308. The lowest BCUT2D eigenvalue weighted by Crippen LogP contribution is -2.53. The Morgan fingerprint density at radius 2 is 1.89 bits per heavy atom. The molecule has 0 aromatic carbocycles. The second-order valence-corrected chi connectivity index (χ2v) is 7.05. The maximum atomic E-state index is 12.2. The first-order chi connectivity index (χ1) is 8.16. The zero-order valence-electron chi connectivity index (χ0n) is 11.8. The van der Waals surface area contributed by atoms with Crippen molar-refractivity contribution in [1.82, 2.24) is 0 Å². The molecule has 0 aliphatic heterocycles. The molecule has 102 valence electrons. The van der Waals surface area contributed by atoms with E-state index in [1.54, 1.807) is 13.8 Å². The monoisotopic (exact) mass is 252 g/mol. The van der Waals surface area contributed by atoms with Gasteiger partial charge in [0.15, 0.2) is 0 Å². The molecule has 2 saturated carbocycles. The molecule has 2 fully saturated rings. The first-order valence-electron chi connectivity index (χ1n) is 6.94. The van der Waals surface area contributed by atoms with Crippen LogP contribution in [0.3, 0.4) is 0 Å². The van der Waals surface area contributed by atoms with Crippen LogP contribution in [0.2, 0.25) is 0 Å². The topological polar surface area (TPSA) is 54.4 Å². The quantitative estimate of drug-likeness (QED) is 0.779. The van der Waals surface area contributed by atoms with Crippen molar-refractivity contribution in [3.8, 4) is 0 Å². The third-order valence-electron chi connectivity index (χ3n) is 5.42. The molecular formula is C15H24O3. The summed E-state index contributed by atoms with van der Waals surface area (Å²) in [6, 6.07) is 0. The third kappa shape index (κ3) is 2.03. The van der Waals surface area contributed by atoms with E-state index in [4.69, 9.17) is 0 Å². The molecule has 2 aliphatic carbocycles. The van der Waals surface area contributed by atoms with E-state index < -0.39 is 5.60 Å². The first kappa shape index (κ1) is 13.7. The average molecular weight is 252 g/mol. The largest absolute Gasteiger partial charge is 0.390 e. The molecule has 1 N–H and O–H groups in total. The lowest BCUT2D eigenvalue weighted by molar-refractivity contribution is -0.155. The minimum absolute atomic E-state index is 0.0624. The first-order valence-corrected chi connectivity index (χ1v) is 6.94. The summed E-state index contributed by atoms with van der Waals surface area (Å²) in [4.78, 5) is 24.2. The molecule has 18 heavy (non-hydrogen) atoms. The van der Waals surface area contributed by atoms with Crippen LogP contribution in [0.25, 0.3) is 0 Å². The zero-order chi connectivity index (χ0) is 13.7. The van der Waals surface area contributed by atoms with Gasteiger partial charge in [-0.05, 0) is 38.0 Å². The van der Waals surface area contributed by atoms with Crippen molar-refractivity contribution in [3.63, 3.8) is 0 Å². The highest BCUT2D eigenvalue weighted by Crippen LogP contribution is 2.53. The molecule has 2 aliphatic rings. The smallest absolute Gasteiger partial charge is 0.139 e. The van der Waals surface area contributed by atoms with Gasteiger partial charge in [0, 0.05) is 24.7 Å². The van der Waals surface area contributed by atoms with Crippen molar-refractivity contribution in [2.45, 2.75) is 59.0 Å². The van der Waals surface area contributed by atoms with Crippen LogP contribution < -0.4 is 0 Å². The molecule has 0 amide bonds. The fourth-order valence-corrected chi connectivity index (χ4v) is 3.81. The number of carbonyl (C=O) groups is 2. The minimum atomic E-state index is -0.981. The van der Waals surface area contributed by atoms with Crippen LogP contribution >= 0.6 is 0 Å². The third-order valence-corrected chi connectivity index (χ3v) is 5.42. The molecule has 0 aromatic heterocycles. The summed E-state index contributed by atoms with van der Waals surface area (Å²) < 4.78 is 0. The normalized spacial score (nSPS) is 41.7. The summed E-state index contributed by atoms with van der Waals surface area (Å²) in [5.41, 5.74) is -1.10. The Balaban J connectivity index is 2.33. The van der Waals surface area contributed by atoms with Gasteiger partial charge in [-0.25, -0.2) is 0 Å². The predicted molar refractivity (Wildman–Crippen MR) is 69.0 cm³/mol. The number of aliphatic hydroxyl groups is 1. The standard InChI is InChI=1S/C15H24O3/c1-9-5-6-12(16)10-7-13(17)11(14(2,3)18)8-15(9,10)4/h9-11,18H,5-8H2,1-4H3/t9-,10+,11+,15+/m0/s1. The van der Waals surface area contributed by atoms with Gasteiger partial charge in [0.1, 0.15) is 11.6 Å². The Labute approximate surface area is 109 Å². The molecule has 3 nitrogen and oxygen atoms in total. The number of carbonyl (C=O) groups excluding carboxylic acids is 2. The SMILES string of the molecule is C[C@H]1CCC(=O)[C@H]2CC(=O)[C@H](C(C)(C)O)C[C@@]21C. The second kappa shape index (κ2) is 4.16. The summed E-state index contributed by atoms with van der Waals surface area (Å²) in [6.07, 6.45) is 2.50. The van der Waals surface area contributed by atoms with E-state index >= 15 is 0 Å². The molecular weight excluding hydrogens is 228 g/mol. The molecule has 0 heterocycles. The summed E-state index contributed by atoms with van der Waals surface area (Å²) in [6.45, 7) is 7.71. The van der Waals surface area contributed by atoms with E-state index in [0.717, 1.165) is 6.42 Å². The molecule has 3 heteroatoms. The second-order valence-electron chi connectivity index (χ2n) is 7.05. The van der Waals surface area contributed by atoms with E-state index in [2.05, 4.69) is 13.8 Å². The summed E-state index contributed by atoms with van der Waals surface area (Å²) in [5, 5.41) is 10.2. The van der Waals surface area contributed by atoms with Crippen LogP contribution in [0.1, 0.15) is 53.4 Å². The van der Waals surface area contributed by atoms with Crippen LogP contribution in [0.4, 0.5) is 0 Å². The van der Waals surface area contributed by atoms with Gasteiger partial charge in [-0.2, -0.15) is 0 Å². The number of hydrogen-bond acceptors (Lipinski definition) is 3. The Morgan fingerprint density at radius 3 is 2.44 bits per heavy atom. The molecule has 2 rings (SSSR count). The van der Waals surface area contributed by atoms with Gasteiger partial charge in [0.25, 0.3) is 0 Å². The fraction of sp³-hybridized carbons (Fsp3) is 0.867. The van der Waals surface area contributed by atoms with Crippen LogP contribution in [-0.2, 0) is 9.59 Å². The Hall–Kier alpha value is -0.700. The van der Waals surface area contributed by atoms with Gasteiger partial charge in [0.05, 0.1) is 5.60 Å². The van der Waals surface area contributed by atoms with Gasteiger partial charge in [-0.1, -0.05) is 13.8 Å². The molecule has 0 unspecified atom stereocenters. The van der Waals surface area contributed by atoms with Crippen LogP contribution in [0, 0.1) is 23.2 Å². The fourth-order valence-electron chi connectivity index (χ4n) is 3.81. The molecule has 0 aromatic rings. The molecule has 0 saturated heterocycles. The van der Waals surface area contributed by atoms with E-state index in [1.807, 2.05) is 0 Å². The molecule has 0 spiro atoms. The van der Waals surface area contributed by atoms with E-state index in [-0.39, 0.29) is 28.8 Å². The number of fused-ring (bicyclic) bond motifs is 1. The average Bonchev–Trinajstić information content (AvgIpc) is 2.25. The molecule has 0 bridgehead atoms. The van der Waals surface area contributed by atoms with Crippen LogP contribution in [-0.4, -0.2) is 22.3 Å². The van der Waals surface area contributed by atoms with Crippen molar-refractivity contribution in [3.05, 3.63) is 0 Å². The minimum Gasteiger partial charge on any atom is -0.390 e. The number of hydrogen-bond donors (Lipinski definition) is 1. The van der Waals surface area contributed by atoms with Gasteiger partial charge in [0.2, 0.25) is 0 Å². The van der Waals surface area contributed by atoms with E-state index in [0.29, 0.717) is 25.2 Å². The predicted octanol–water partition coefficient (Wildman–Crippen LogP) is 2.36. The lowest BCUT2D eigenvalue weighted by atomic mass is 9.52. The van der Waals surface area contributed by atoms with Crippen LogP contribution in [0.5, 0.6) is 0 Å². The van der Waals surface area contributed by atoms with Crippen molar-refractivity contribution < 1.29 is 14.7 Å². The lowest BCUT2D eigenvalue weighted by Gasteiger charge is -2.51. The number of ketones is 2. The molecule has 0 radical (unpaired) electrons. The van der Waals surface area contributed by atoms with Crippen molar-refractivity contribution in [1.29, 1.82) is 0 Å². The van der Waals surface area contributed by atoms with Crippen molar-refractivity contribution in [2.75, 3.05) is 0 Å². The Morgan fingerprint density at radius 1 is 1.28 bits per heavy atom. The van der Waals surface area contributed by atoms with Crippen molar-refractivity contribution in [2.24, 2.45) is 23.2 Å². The Bertz CT molecular complexity index is 380. The van der Waals surface area contributed by atoms with Gasteiger partial charge < -0.3 is 5.11 Å². The van der Waals surface area contributed by atoms with Gasteiger partial charge >= 0.3 is 0 Å². The van der Waals surface area contributed by atoms with Gasteiger partial charge in [-0.3, -0.25) is 9.59 Å². The highest BCUT2D eigenvalue weighted by molar-refractivity contribution is 5.92. The van der Waals surface area contributed by atoms with Gasteiger partial charge in [-0.15, -0.1) is 0 Å². The number of rotatable bonds is 1. The maximum absolute atomic E-state index is 12.2.